The number of halogens is 1. The Labute approximate surface area is 147 Å². The molecule has 1 heterocycles. The number of benzene rings is 2. The van der Waals surface area contributed by atoms with Gasteiger partial charge in [-0.1, -0.05) is 30.3 Å². The van der Waals surface area contributed by atoms with Gasteiger partial charge in [0.05, 0.1) is 5.69 Å². The zero-order chi connectivity index (χ0) is 17.6. The van der Waals surface area contributed by atoms with Gasteiger partial charge < -0.3 is 15.1 Å². The number of nitrogens with one attached hydrogen (secondary N) is 1. The van der Waals surface area contributed by atoms with E-state index in [1.807, 2.05) is 35.2 Å². The molecule has 5 heteroatoms. The molecule has 1 N–H and O–H groups in total. The molecular formula is C20H22FN3O. The number of nitrogens with zero attached hydrogens (tertiary/aromatic N) is 2. The molecule has 0 aliphatic carbocycles. The van der Waals surface area contributed by atoms with Crippen LogP contribution in [-0.2, 0) is 4.79 Å². The van der Waals surface area contributed by atoms with Gasteiger partial charge in [0.25, 0.3) is 0 Å². The predicted molar refractivity (Wildman–Crippen MR) is 100 cm³/mol. The Morgan fingerprint density at radius 2 is 1.80 bits per heavy atom. The van der Waals surface area contributed by atoms with Gasteiger partial charge in [-0.05, 0) is 36.9 Å². The van der Waals surface area contributed by atoms with Crippen molar-refractivity contribution in [3.8, 4) is 0 Å². The van der Waals surface area contributed by atoms with E-state index in [0.29, 0.717) is 11.4 Å². The van der Waals surface area contributed by atoms with Crippen LogP contribution in [0.3, 0.4) is 0 Å². The quantitative estimate of drug-likeness (QED) is 0.869. The second kappa shape index (κ2) is 7.94. The highest BCUT2D eigenvalue weighted by molar-refractivity contribution is 6.02. The van der Waals surface area contributed by atoms with Crippen molar-refractivity contribution >= 4 is 23.4 Å². The van der Waals surface area contributed by atoms with E-state index in [-0.39, 0.29) is 11.7 Å². The first-order valence-electron chi connectivity index (χ1n) is 8.39. The van der Waals surface area contributed by atoms with E-state index in [1.165, 1.54) is 12.1 Å². The highest BCUT2D eigenvalue weighted by Gasteiger charge is 2.17. The van der Waals surface area contributed by atoms with Gasteiger partial charge in [-0.2, -0.15) is 0 Å². The molecule has 1 aliphatic rings. The third kappa shape index (κ3) is 4.67. The number of rotatable bonds is 4. The lowest BCUT2D eigenvalue weighted by atomic mass is 10.2. The van der Waals surface area contributed by atoms with Crippen LogP contribution >= 0.6 is 0 Å². The Hall–Kier alpha value is -2.66. The van der Waals surface area contributed by atoms with Crippen molar-refractivity contribution in [2.75, 3.05) is 43.4 Å². The summed E-state index contributed by atoms with van der Waals surface area (Å²) in [5.74, 6) is -0.593. The van der Waals surface area contributed by atoms with Crippen LogP contribution in [0.15, 0.2) is 54.6 Å². The average molecular weight is 339 g/mol. The van der Waals surface area contributed by atoms with Gasteiger partial charge in [0.1, 0.15) is 5.82 Å². The maximum Gasteiger partial charge on any atom is 0.248 e. The Kier molecular flexibility index (Phi) is 5.46. The van der Waals surface area contributed by atoms with E-state index in [1.54, 1.807) is 18.2 Å². The minimum absolute atomic E-state index is 0.282. The van der Waals surface area contributed by atoms with Crippen LogP contribution in [0.2, 0.25) is 0 Å². The van der Waals surface area contributed by atoms with Gasteiger partial charge >= 0.3 is 0 Å². The second-order valence-corrected chi connectivity index (χ2v) is 6.19. The molecule has 0 unspecified atom stereocenters. The Morgan fingerprint density at radius 3 is 2.48 bits per heavy atom. The van der Waals surface area contributed by atoms with E-state index >= 15 is 0 Å². The maximum absolute atomic E-state index is 14.4. The Morgan fingerprint density at radius 1 is 1.08 bits per heavy atom. The lowest BCUT2D eigenvalue weighted by molar-refractivity contribution is -0.111. The number of piperazine rings is 1. The SMILES string of the molecule is CN1CCN(c2ccc(NC(=O)/C=C/c3ccccc3)cc2F)CC1. The van der Waals surface area contributed by atoms with Crippen LogP contribution in [0.25, 0.3) is 6.08 Å². The van der Waals surface area contributed by atoms with Crippen LogP contribution < -0.4 is 10.2 Å². The van der Waals surface area contributed by atoms with Crippen molar-refractivity contribution < 1.29 is 9.18 Å². The molecule has 130 valence electrons. The van der Waals surface area contributed by atoms with E-state index in [0.717, 1.165) is 31.7 Å². The third-order valence-electron chi connectivity index (χ3n) is 4.29. The standard InChI is InChI=1S/C20H22FN3O/c1-23-11-13-24(14-12-23)19-9-8-17(15-18(19)21)22-20(25)10-7-16-5-3-2-4-6-16/h2-10,15H,11-14H2,1H3,(H,22,25)/b10-7+. The van der Waals surface area contributed by atoms with E-state index in [2.05, 4.69) is 17.3 Å². The summed E-state index contributed by atoms with van der Waals surface area (Å²) >= 11 is 0. The summed E-state index contributed by atoms with van der Waals surface area (Å²) in [5, 5.41) is 2.70. The number of likely N-dealkylation sites (N-methyl/N-ethyl adjacent to an activating group) is 1. The predicted octanol–water partition coefficient (Wildman–Crippen LogP) is 3.23. The monoisotopic (exact) mass is 339 g/mol. The third-order valence-corrected chi connectivity index (χ3v) is 4.29. The number of amides is 1. The molecule has 3 rings (SSSR count). The zero-order valence-electron chi connectivity index (χ0n) is 14.3. The summed E-state index contributed by atoms with van der Waals surface area (Å²) in [7, 11) is 2.06. The first-order valence-corrected chi connectivity index (χ1v) is 8.39. The van der Waals surface area contributed by atoms with E-state index in [9.17, 15) is 9.18 Å². The number of hydrogen-bond acceptors (Lipinski definition) is 3. The summed E-state index contributed by atoms with van der Waals surface area (Å²) in [4.78, 5) is 16.2. The van der Waals surface area contributed by atoms with Gasteiger partial charge in [-0.15, -0.1) is 0 Å². The number of carbonyl (C=O) groups is 1. The molecule has 1 aliphatic heterocycles. The van der Waals surface area contributed by atoms with Crippen molar-refractivity contribution in [3.05, 3.63) is 66.0 Å². The topological polar surface area (TPSA) is 35.6 Å². The molecule has 1 saturated heterocycles. The maximum atomic E-state index is 14.4. The fraction of sp³-hybridized carbons (Fsp3) is 0.250. The van der Waals surface area contributed by atoms with Gasteiger partial charge in [0, 0.05) is 37.9 Å². The van der Waals surface area contributed by atoms with Crippen LogP contribution in [-0.4, -0.2) is 44.0 Å². The molecule has 1 amide bonds. The van der Waals surface area contributed by atoms with Crippen molar-refractivity contribution in [2.45, 2.75) is 0 Å². The average Bonchev–Trinajstić information content (AvgIpc) is 2.62. The van der Waals surface area contributed by atoms with Crippen molar-refractivity contribution in [3.63, 3.8) is 0 Å². The van der Waals surface area contributed by atoms with Crippen LogP contribution in [0.4, 0.5) is 15.8 Å². The smallest absolute Gasteiger partial charge is 0.248 e. The van der Waals surface area contributed by atoms with Crippen molar-refractivity contribution in [1.82, 2.24) is 4.90 Å². The van der Waals surface area contributed by atoms with Crippen LogP contribution in [0, 0.1) is 5.82 Å². The molecular weight excluding hydrogens is 317 g/mol. The minimum Gasteiger partial charge on any atom is -0.367 e. The molecule has 0 spiro atoms. The van der Waals surface area contributed by atoms with Crippen LogP contribution in [0.5, 0.6) is 0 Å². The molecule has 0 saturated carbocycles. The first-order chi connectivity index (χ1) is 12.1. The van der Waals surface area contributed by atoms with Gasteiger partial charge in [0.15, 0.2) is 0 Å². The summed E-state index contributed by atoms with van der Waals surface area (Å²) < 4.78 is 14.4. The molecule has 25 heavy (non-hydrogen) atoms. The molecule has 4 nitrogen and oxygen atoms in total. The lowest BCUT2D eigenvalue weighted by Gasteiger charge is -2.34. The molecule has 0 aromatic heterocycles. The molecule has 0 radical (unpaired) electrons. The highest BCUT2D eigenvalue weighted by Crippen LogP contribution is 2.24. The fourth-order valence-electron chi connectivity index (χ4n) is 2.81. The molecule has 2 aromatic carbocycles. The Balaban J connectivity index is 1.62. The van der Waals surface area contributed by atoms with Gasteiger partial charge in [-0.25, -0.2) is 4.39 Å². The summed E-state index contributed by atoms with van der Waals surface area (Å²) in [5.41, 5.74) is 1.98. The normalized spacial score (nSPS) is 15.5. The van der Waals surface area contributed by atoms with Crippen LogP contribution in [0.1, 0.15) is 5.56 Å². The highest BCUT2D eigenvalue weighted by atomic mass is 19.1. The number of carbonyl (C=O) groups excluding carboxylic acids is 1. The van der Waals surface area contributed by atoms with Crippen molar-refractivity contribution in [2.24, 2.45) is 0 Å². The molecule has 1 fully saturated rings. The zero-order valence-corrected chi connectivity index (χ0v) is 14.3. The fourth-order valence-corrected chi connectivity index (χ4v) is 2.81. The summed E-state index contributed by atoms with van der Waals surface area (Å²) in [6, 6.07) is 14.4. The molecule has 0 atom stereocenters. The van der Waals surface area contributed by atoms with E-state index < -0.39 is 0 Å². The first kappa shape index (κ1) is 17.2. The van der Waals surface area contributed by atoms with E-state index in [4.69, 9.17) is 0 Å². The summed E-state index contributed by atoms with van der Waals surface area (Å²) in [6.07, 6.45) is 3.17. The lowest BCUT2D eigenvalue weighted by Crippen LogP contribution is -2.44. The number of anilines is 2. The van der Waals surface area contributed by atoms with Crippen molar-refractivity contribution in [1.29, 1.82) is 0 Å². The van der Waals surface area contributed by atoms with Gasteiger partial charge in [-0.3, -0.25) is 4.79 Å². The molecule has 0 bridgehead atoms. The summed E-state index contributed by atoms with van der Waals surface area (Å²) in [6.45, 7) is 3.45. The minimum atomic E-state index is -0.311. The largest absolute Gasteiger partial charge is 0.367 e. The second-order valence-electron chi connectivity index (χ2n) is 6.19. The Bertz CT molecular complexity index is 753. The molecule has 2 aromatic rings. The number of hydrogen-bond donors (Lipinski definition) is 1. The van der Waals surface area contributed by atoms with Gasteiger partial charge in [0.2, 0.25) is 5.91 Å².